The molecule has 1 amide bonds. The molecule has 1 fully saturated rings. The zero-order valence-electron chi connectivity index (χ0n) is 11.5. The average Bonchev–Trinajstić information content (AvgIpc) is 2.36. The summed E-state index contributed by atoms with van der Waals surface area (Å²) >= 11 is 3.43. The second-order valence-corrected chi connectivity index (χ2v) is 6.32. The lowest BCUT2D eigenvalue weighted by atomic mass is 10.0. The average molecular weight is 325 g/mol. The van der Waals surface area contributed by atoms with E-state index in [2.05, 4.69) is 47.2 Å². The Bertz CT molecular complexity index is 430. The molecule has 0 saturated carbocycles. The van der Waals surface area contributed by atoms with Gasteiger partial charge in [-0.1, -0.05) is 41.9 Å². The van der Waals surface area contributed by atoms with Crippen LogP contribution in [0.4, 0.5) is 0 Å². The Morgan fingerprint density at radius 2 is 2.05 bits per heavy atom. The second kappa shape index (κ2) is 6.53. The topological polar surface area (TPSA) is 32.3 Å². The van der Waals surface area contributed by atoms with Gasteiger partial charge in [0.05, 0.1) is 6.04 Å². The van der Waals surface area contributed by atoms with Gasteiger partial charge in [0.2, 0.25) is 5.91 Å². The van der Waals surface area contributed by atoms with Crippen LogP contribution in [0.5, 0.6) is 0 Å². The number of piperidine rings is 1. The van der Waals surface area contributed by atoms with Gasteiger partial charge in [-0.3, -0.25) is 4.79 Å². The molecule has 3 nitrogen and oxygen atoms in total. The molecule has 0 aromatic heterocycles. The molecule has 2 rings (SSSR count). The summed E-state index contributed by atoms with van der Waals surface area (Å²) in [6.45, 7) is 5.75. The number of amides is 1. The molecule has 0 bridgehead atoms. The SMILES string of the molecule is CC(C)NC1CCCN(Cc2ccc(Br)cc2)C1=O. The van der Waals surface area contributed by atoms with Crippen molar-refractivity contribution in [3.05, 3.63) is 34.3 Å². The maximum atomic E-state index is 12.4. The zero-order chi connectivity index (χ0) is 13.8. The second-order valence-electron chi connectivity index (χ2n) is 5.40. The van der Waals surface area contributed by atoms with Gasteiger partial charge in [-0.15, -0.1) is 0 Å². The first kappa shape index (κ1) is 14.5. The number of halogens is 1. The maximum absolute atomic E-state index is 12.4. The van der Waals surface area contributed by atoms with Crippen LogP contribution in [0.25, 0.3) is 0 Å². The van der Waals surface area contributed by atoms with Crippen LogP contribution in [0.2, 0.25) is 0 Å². The lowest BCUT2D eigenvalue weighted by Crippen LogP contribution is -2.51. The molecule has 4 heteroatoms. The number of nitrogens with zero attached hydrogens (tertiary/aromatic N) is 1. The highest BCUT2D eigenvalue weighted by atomic mass is 79.9. The van der Waals surface area contributed by atoms with Crippen LogP contribution >= 0.6 is 15.9 Å². The van der Waals surface area contributed by atoms with Crippen LogP contribution in [0.15, 0.2) is 28.7 Å². The zero-order valence-corrected chi connectivity index (χ0v) is 13.1. The van der Waals surface area contributed by atoms with E-state index in [1.807, 2.05) is 17.0 Å². The summed E-state index contributed by atoms with van der Waals surface area (Å²) in [5, 5.41) is 3.36. The van der Waals surface area contributed by atoms with Crippen molar-refractivity contribution in [1.29, 1.82) is 0 Å². The fourth-order valence-electron chi connectivity index (χ4n) is 2.46. The fourth-order valence-corrected chi connectivity index (χ4v) is 2.73. The van der Waals surface area contributed by atoms with Gasteiger partial charge in [0, 0.05) is 23.6 Å². The molecule has 19 heavy (non-hydrogen) atoms. The Morgan fingerprint density at radius 1 is 1.37 bits per heavy atom. The highest BCUT2D eigenvalue weighted by Crippen LogP contribution is 2.17. The Kier molecular flexibility index (Phi) is 4.99. The number of benzene rings is 1. The minimum Gasteiger partial charge on any atom is -0.337 e. The number of rotatable bonds is 4. The van der Waals surface area contributed by atoms with E-state index in [1.165, 1.54) is 5.56 Å². The lowest BCUT2D eigenvalue weighted by molar-refractivity contribution is -0.136. The molecule has 104 valence electrons. The van der Waals surface area contributed by atoms with E-state index < -0.39 is 0 Å². The van der Waals surface area contributed by atoms with Crippen molar-refractivity contribution >= 4 is 21.8 Å². The van der Waals surface area contributed by atoms with E-state index in [0.717, 1.165) is 23.9 Å². The van der Waals surface area contributed by atoms with Gasteiger partial charge in [0.25, 0.3) is 0 Å². The van der Waals surface area contributed by atoms with Crippen LogP contribution in [0.1, 0.15) is 32.3 Å². The largest absolute Gasteiger partial charge is 0.337 e. The molecule has 1 aliphatic rings. The van der Waals surface area contributed by atoms with Gasteiger partial charge >= 0.3 is 0 Å². The molecule has 1 aromatic rings. The van der Waals surface area contributed by atoms with Crippen molar-refractivity contribution in [3.63, 3.8) is 0 Å². The van der Waals surface area contributed by atoms with E-state index in [4.69, 9.17) is 0 Å². The van der Waals surface area contributed by atoms with Crippen LogP contribution in [-0.4, -0.2) is 29.4 Å². The van der Waals surface area contributed by atoms with Gasteiger partial charge in [-0.05, 0) is 30.5 Å². The Hall–Kier alpha value is -0.870. The molecule has 1 unspecified atom stereocenters. The summed E-state index contributed by atoms with van der Waals surface area (Å²) in [5.74, 6) is 0.239. The standard InChI is InChI=1S/C15H21BrN2O/c1-11(2)17-14-4-3-9-18(15(14)19)10-12-5-7-13(16)8-6-12/h5-8,11,14,17H,3-4,9-10H2,1-2H3. The van der Waals surface area contributed by atoms with Crippen molar-refractivity contribution in [2.24, 2.45) is 0 Å². The molecule has 0 spiro atoms. The first-order chi connectivity index (χ1) is 9.06. The van der Waals surface area contributed by atoms with Crippen molar-refractivity contribution in [2.75, 3.05) is 6.54 Å². The van der Waals surface area contributed by atoms with Gasteiger partial charge < -0.3 is 10.2 Å². The minimum atomic E-state index is -0.0100. The van der Waals surface area contributed by atoms with E-state index >= 15 is 0 Å². The first-order valence-corrected chi connectivity index (χ1v) is 7.65. The molecule has 1 aliphatic heterocycles. The van der Waals surface area contributed by atoms with Gasteiger partial charge in [0.15, 0.2) is 0 Å². The van der Waals surface area contributed by atoms with Crippen molar-refractivity contribution in [1.82, 2.24) is 10.2 Å². The number of hydrogen-bond donors (Lipinski definition) is 1. The molecule has 0 aliphatic carbocycles. The normalized spacial score (nSPS) is 20.1. The monoisotopic (exact) mass is 324 g/mol. The summed E-state index contributed by atoms with van der Waals surface area (Å²) in [5.41, 5.74) is 1.18. The number of carbonyl (C=O) groups excluding carboxylic acids is 1. The van der Waals surface area contributed by atoms with Gasteiger partial charge in [-0.25, -0.2) is 0 Å². The summed E-state index contributed by atoms with van der Waals surface area (Å²) in [6.07, 6.45) is 2.03. The minimum absolute atomic E-state index is 0.0100. The number of likely N-dealkylation sites (tertiary alicyclic amines) is 1. The summed E-state index contributed by atoms with van der Waals surface area (Å²) in [6, 6.07) is 8.51. The van der Waals surface area contributed by atoms with E-state index in [1.54, 1.807) is 0 Å². The summed E-state index contributed by atoms with van der Waals surface area (Å²) in [7, 11) is 0. The quantitative estimate of drug-likeness (QED) is 0.923. The van der Waals surface area contributed by atoms with Crippen LogP contribution in [-0.2, 0) is 11.3 Å². The van der Waals surface area contributed by atoms with E-state index in [-0.39, 0.29) is 11.9 Å². The maximum Gasteiger partial charge on any atom is 0.240 e. The molecule has 0 radical (unpaired) electrons. The molecule has 1 heterocycles. The van der Waals surface area contributed by atoms with E-state index in [9.17, 15) is 4.79 Å². The number of hydrogen-bond acceptors (Lipinski definition) is 2. The number of carbonyl (C=O) groups is 1. The van der Waals surface area contributed by atoms with Gasteiger partial charge in [-0.2, -0.15) is 0 Å². The fraction of sp³-hybridized carbons (Fsp3) is 0.533. The van der Waals surface area contributed by atoms with Crippen molar-refractivity contribution < 1.29 is 4.79 Å². The smallest absolute Gasteiger partial charge is 0.240 e. The number of nitrogens with one attached hydrogen (secondary N) is 1. The highest BCUT2D eigenvalue weighted by Gasteiger charge is 2.28. The Labute approximate surface area is 123 Å². The molecule has 1 aromatic carbocycles. The third kappa shape index (κ3) is 4.05. The highest BCUT2D eigenvalue weighted by molar-refractivity contribution is 9.10. The third-order valence-electron chi connectivity index (χ3n) is 3.35. The summed E-state index contributed by atoms with van der Waals surface area (Å²) < 4.78 is 1.07. The lowest BCUT2D eigenvalue weighted by Gasteiger charge is -2.33. The Morgan fingerprint density at radius 3 is 2.68 bits per heavy atom. The van der Waals surface area contributed by atoms with Gasteiger partial charge in [0.1, 0.15) is 0 Å². The predicted molar refractivity (Wildman–Crippen MR) is 80.9 cm³/mol. The van der Waals surface area contributed by atoms with Crippen LogP contribution < -0.4 is 5.32 Å². The van der Waals surface area contributed by atoms with Crippen LogP contribution in [0, 0.1) is 0 Å². The molecular formula is C15H21BrN2O. The first-order valence-electron chi connectivity index (χ1n) is 6.85. The van der Waals surface area contributed by atoms with Crippen molar-refractivity contribution in [2.45, 2.75) is 45.3 Å². The van der Waals surface area contributed by atoms with E-state index in [0.29, 0.717) is 12.6 Å². The molecule has 1 N–H and O–H groups in total. The van der Waals surface area contributed by atoms with Crippen molar-refractivity contribution in [3.8, 4) is 0 Å². The summed E-state index contributed by atoms with van der Waals surface area (Å²) in [4.78, 5) is 14.4. The van der Waals surface area contributed by atoms with Crippen LogP contribution in [0.3, 0.4) is 0 Å². The predicted octanol–water partition coefficient (Wildman–Crippen LogP) is 2.94. The third-order valence-corrected chi connectivity index (χ3v) is 3.88. The molecule has 1 saturated heterocycles. The molecular weight excluding hydrogens is 304 g/mol. The Balaban J connectivity index is 1.99. The molecule has 1 atom stereocenters.